The smallest absolute Gasteiger partial charge is 0.294 e. The van der Waals surface area contributed by atoms with Gasteiger partial charge < -0.3 is 4.55 Å². The maximum absolute atomic E-state index is 11.7. The van der Waals surface area contributed by atoms with Crippen molar-refractivity contribution >= 4 is 27.7 Å². The maximum atomic E-state index is 11.7. The first-order valence-electron chi connectivity index (χ1n) is 6.03. The molecular formula is C13H19NO4S2. The molecule has 112 valence electrons. The molecule has 1 N–H and O–H groups in total. The predicted octanol–water partition coefficient (Wildman–Crippen LogP) is 2.32. The van der Waals surface area contributed by atoms with E-state index in [-0.39, 0.29) is 11.3 Å². The molecule has 0 saturated carbocycles. The molecule has 0 bridgehead atoms. The summed E-state index contributed by atoms with van der Waals surface area (Å²) >= 11 is -1.39. The van der Waals surface area contributed by atoms with Gasteiger partial charge in [-0.25, -0.2) is 0 Å². The Bertz CT molecular complexity index is 603. The third-order valence-electron chi connectivity index (χ3n) is 2.50. The molecule has 5 nitrogen and oxygen atoms in total. The number of benzene rings is 1. The molecule has 0 saturated heterocycles. The Morgan fingerprint density at radius 3 is 2.50 bits per heavy atom. The van der Waals surface area contributed by atoms with Gasteiger partial charge in [-0.3, -0.25) is 4.55 Å². The van der Waals surface area contributed by atoms with Crippen molar-refractivity contribution < 1.29 is 17.5 Å². The zero-order valence-electron chi connectivity index (χ0n) is 12.0. The highest BCUT2D eigenvalue weighted by molar-refractivity contribution is 7.91. The van der Waals surface area contributed by atoms with Crippen LogP contribution in [-0.4, -0.2) is 28.5 Å². The van der Waals surface area contributed by atoms with Crippen LogP contribution in [0.25, 0.3) is 0 Å². The van der Waals surface area contributed by atoms with E-state index in [1.165, 1.54) is 12.3 Å². The van der Waals surface area contributed by atoms with Crippen molar-refractivity contribution in [2.75, 3.05) is 0 Å². The van der Waals surface area contributed by atoms with Gasteiger partial charge in [0.05, 0.1) is 11.1 Å². The average Bonchev–Trinajstić information content (AvgIpc) is 2.25. The number of hydrogen-bond acceptors (Lipinski definition) is 4. The molecule has 0 spiro atoms. The summed E-state index contributed by atoms with van der Waals surface area (Å²) in [5, 5.41) is 0. The second-order valence-electron chi connectivity index (χ2n) is 5.44. The average molecular weight is 317 g/mol. The van der Waals surface area contributed by atoms with Gasteiger partial charge in [0.15, 0.2) is 0 Å². The number of rotatable bonds is 4. The highest BCUT2D eigenvalue weighted by Gasteiger charge is 2.25. The third kappa shape index (κ3) is 4.90. The Morgan fingerprint density at radius 2 is 2.00 bits per heavy atom. The van der Waals surface area contributed by atoms with Crippen molar-refractivity contribution in [1.82, 2.24) is 0 Å². The minimum atomic E-state index is -4.27. The van der Waals surface area contributed by atoms with Crippen LogP contribution in [-0.2, 0) is 27.9 Å². The van der Waals surface area contributed by atoms with Crippen molar-refractivity contribution in [2.45, 2.75) is 43.8 Å². The van der Waals surface area contributed by atoms with Crippen LogP contribution >= 0.6 is 0 Å². The number of hydrogen-bond donors (Lipinski definition) is 1. The van der Waals surface area contributed by atoms with Gasteiger partial charge >= 0.3 is 0 Å². The summed E-state index contributed by atoms with van der Waals surface area (Å²) in [6, 6.07) is 4.63. The Kier molecular flexibility index (Phi) is 5.37. The lowest BCUT2D eigenvalue weighted by atomic mass is 10.1. The van der Waals surface area contributed by atoms with Gasteiger partial charge in [-0.1, -0.05) is 22.1 Å². The van der Waals surface area contributed by atoms with E-state index in [1.807, 2.05) is 6.92 Å². The van der Waals surface area contributed by atoms with Crippen molar-refractivity contribution in [3.05, 3.63) is 29.3 Å². The first-order chi connectivity index (χ1) is 9.01. The molecule has 0 radical (unpaired) electrons. The molecule has 7 heteroatoms. The fraction of sp³-hybridized carbons (Fsp3) is 0.462. The quantitative estimate of drug-likeness (QED) is 0.524. The molecule has 0 heterocycles. The van der Waals surface area contributed by atoms with Gasteiger partial charge in [-0.15, -0.1) is 0 Å². The van der Waals surface area contributed by atoms with Crippen molar-refractivity contribution in [3.63, 3.8) is 0 Å². The fourth-order valence-corrected chi connectivity index (χ4v) is 2.72. The van der Waals surface area contributed by atoms with Gasteiger partial charge in [-0.2, -0.15) is 8.42 Å². The number of aryl methyl sites for hydroxylation is 1. The molecule has 0 aromatic heterocycles. The van der Waals surface area contributed by atoms with Crippen LogP contribution in [0.1, 0.15) is 31.9 Å². The van der Waals surface area contributed by atoms with E-state index in [9.17, 15) is 13.0 Å². The third-order valence-corrected chi connectivity index (χ3v) is 4.84. The lowest BCUT2D eigenvalue weighted by Crippen LogP contribution is -2.25. The van der Waals surface area contributed by atoms with Gasteiger partial charge in [0, 0.05) is 6.42 Å². The Hall–Kier alpha value is -0.890. The first-order valence-corrected chi connectivity index (χ1v) is 8.58. The van der Waals surface area contributed by atoms with Crippen LogP contribution < -0.4 is 0 Å². The van der Waals surface area contributed by atoms with Gasteiger partial charge in [0.2, 0.25) is 0 Å². The van der Waals surface area contributed by atoms with Crippen molar-refractivity contribution in [2.24, 2.45) is 4.40 Å². The van der Waals surface area contributed by atoms with E-state index in [0.29, 0.717) is 5.56 Å². The fourth-order valence-electron chi connectivity index (χ4n) is 1.48. The van der Waals surface area contributed by atoms with Gasteiger partial charge in [-0.05, 0) is 39.3 Å². The largest absolute Gasteiger partial charge is 0.591 e. The van der Waals surface area contributed by atoms with Gasteiger partial charge in [0.1, 0.15) is 16.1 Å². The SMILES string of the molecule is Cc1ccc(S(=O)(=O)O)c(CC=N[S+]([O-])C(C)(C)C)c1. The molecule has 0 aliphatic rings. The van der Waals surface area contributed by atoms with E-state index in [0.717, 1.165) is 5.56 Å². The zero-order chi connectivity index (χ0) is 15.6. The normalized spacial score (nSPS) is 14.7. The van der Waals surface area contributed by atoms with E-state index >= 15 is 0 Å². The summed E-state index contributed by atoms with van der Waals surface area (Å²) in [7, 11) is -4.27. The second kappa shape index (κ2) is 6.26. The van der Waals surface area contributed by atoms with E-state index in [1.54, 1.807) is 32.9 Å². The highest BCUT2D eigenvalue weighted by Crippen LogP contribution is 2.19. The molecule has 20 heavy (non-hydrogen) atoms. The first kappa shape index (κ1) is 17.2. The minimum absolute atomic E-state index is 0.143. The summed E-state index contributed by atoms with van der Waals surface area (Å²) < 4.78 is 46.9. The van der Waals surface area contributed by atoms with Crippen LogP contribution in [0.15, 0.2) is 27.5 Å². The van der Waals surface area contributed by atoms with Crippen LogP contribution in [0.3, 0.4) is 0 Å². The topological polar surface area (TPSA) is 89.8 Å². The standard InChI is InChI=1S/C13H19NO4S2/c1-10-5-6-12(20(16,17)18)11(9-10)7-8-14-19(15)13(2,3)4/h5-6,8-9H,7H2,1-4H3,(H,16,17,18). The monoisotopic (exact) mass is 317 g/mol. The van der Waals surface area contributed by atoms with E-state index in [4.69, 9.17) is 4.55 Å². The maximum Gasteiger partial charge on any atom is 0.294 e. The van der Waals surface area contributed by atoms with Crippen LogP contribution in [0, 0.1) is 6.92 Å². The summed E-state index contributed by atoms with van der Waals surface area (Å²) in [6.45, 7) is 7.23. The lowest BCUT2D eigenvalue weighted by molar-refractivity contribution is 0.482. The predicted molar refractivity (Wildman–Crippen MR) is 81.1 cm³/mol. The molecule has 0 aliphatic carbocycles. The molecule has 0 fully saturated rings. The molecular weight excluding hydrogens is 298 g/mol. The Balaban J connectivity index is 2.99. The molecule has 1 atom stereocenters. The summed E-state index contributed by atoms with van der Waals surface area (Å²) in [6.07, 6.45) is 1.61. The van der Waals surface area contributed by atoms with Crippen molar-refractivity contribution in [1.29, 1.82) is 0 Å². The van der Waals surface area contributed by atoms with Crippen LogP contribution in [0.5, 0.6) is 0 Å². The van der Waals surface area contributed by atoms with Crippen LogP contribution in [0.4, 0.5) is 0 Å². The summed E-state index contributed by atoms with van der Waals surface area (Å²) in [5.41, 5.74) is 1.31. The molecule has 0 amide bonds. The molecule has 0 aliphatic heterocycles. The van der Waals surface area contributed by atoms with E-state index < -0.39 is 26.2 Å². The van der Waals surface area contributed by atoms with Crippen molar-refractivity contribution in [3.8, 4) is 0 Å². The summed E-state index contributed by atoms with van der Waals surface area (Å²) in [5.74, 6) is 0. The molecule has 1 rings (SSSR count). The van der Waals surface area contributed by atoms with E-state index in [2.05, 4.69) is 4.40 Å². The molecule has 1 unspecified atom stereocenters. The zero-order valence-corrected chi connectivity index (χ0v) is 13.6. The Labute approximate surface area is 123 Å². The van der Waals surface area contributed by atoms with Gasteiger partial charge in [0.25, 0.3) is 10.1 Å². The molecule has 1 aromatic rings. The summed E-state index contributed by atoms with van der Waals surface area (Å²) in [4.78, 5) is -0.143. The lowest BCUT2D eigenvalue weighted by Gasteiger charge is -2.17. The number of nitrogens with zero attached hydrogens (tertiary/aromatic N) is 1. The minimum Gasteiger partial charge on any atom is -0.591 e. The highest BCUT2D eigenvalue weighted by atomic mass is 32.2. The Morgan fingerprint density at radius 1 is 1.40 bits per heavy atom. The second-order valence-corrected chi connectivity index (χ2v) is 8.76. The van der Waals surface area contributed by atoms with Crippen LogP contribution in [0.2, 0.25) is 0 Å². The molecule has 1 aromatic carbocycles.